The van der Waals surface area contributed by atoms with E-state index in [-0.39, 0.29) is 6.61 Å². The monoisotopic (exact) mass is 178 g/mol. The molecular weight excluding hydrogens is 164 g/mol. The molecule has 0 radical (unpaired) electrons. The number of aliphatic hydroxyl groups excluding tert-OH is 4. The molecule has 1 fully saturated rings. The topological polar surface area (TPSA) is 90.2 Å². The van der Waals surface area contributed by atoms with Gasteiger partial charge in [0, 0.05) is 0 Å². The molecule has 12 heavy (non-hydrogen) atoms. The normalized spacial score (nSPS) is 49.2. The molecule has 72 valence electrons. The zero-order chi connectivity index (χ0) is 9.30. The summed E-state index contributed by atoms with van der Waals surface area (Å²) in [4.78, 5) is 0. The quantitative estimate of drug-likeness (QED) is 0.367. The Labute approximate surface area is 70.2 Å². The van der Waals surface area contributed by atoms with Crippen LogP contribution < -0.4 is 0 Å². The third kappa shape index (κ3) is 1.60. The number of hydrogen-bond acceptors (Lipinski definition) is 5. The highest BCUT2D eigenvalue weighted by atomic mass is 16.5. The first-order chi connectivity index (χ1) is 5.57. The molecule has 2 unspecified atom stereocenters. The summed E-state index contributed by atoms with van der Waals surface area (Å²) in [6.45, 7) is 1.21. The van der Waals surface area contributed by atoms with Gasteiger partial charge in [0.15, 0.2) is 0 Å². The second-order valence-electron chi connectivity index (χ2n) is 3.03. The number of ether oxygens (including phenoxy) is 1. The van der Waals surface area contributed by atoms with Crippen LogP contribution in [0.5, 0.6) is 0 Å². The molecule has 0 aliphatic carbocycles. The largest absolute Gasteiger partial charge is 0.394 e. The summed E-state index contributed by atoms with van der Waals surface area (Å²) < 4.78 is 5.02. The van der Waals surface area contributed by atoms with Gasteiger partial charge >= 0.3 is 0 Å². The highest BCUT2D eigenvalue weighted by molar-refractivity contribution is 4.89. The van der Waals surface area contributed by atoms with Crippen molar-refractivity contribution >= 4 is 0 Å². The second-order valence-corrected chi connectivity index (χ2v) is 3.03. The van der Waals surface area contributed by atoms with Gasteiger partial charge < -0.3 is 25.2 Å². The van der Waals surface area contributed by atoms with E-state index >= 15 is 0 Å². The van der Waals surface area contributed by atoms with Gasteiger partial charge in [-0.2, -0.15) is 0 Å². The van der Waals surface area contributed by atoms with Gasteiger partial charge in [0.1, 0.15) is 24.4 Å². The average molecular weight is 178 g/mol. The SMILES string of the molecule is C[C@@H]1O[C@H](CO)[C@@H](O)C(O)C1O. The van der Waals surface area contributed by atoms with Gasteiger partial charge in [-0.15, -0.1) is 0 Å². The van der Waals surface area contributed by atoms with Crippen molar-refractivity contribution in [3.05, 3.63) is 0 Å². The van der Waals surface area contributed by atoms with E-state index in [0.717, 1.165) is 0 Å². The molecular formula is C7H14O5. The van der Waals surface area contributed by atoms with E-state index in [2.05, 4.69) is 0 Å². The van der Waals surface area contributed by atoms with Crippen LogP contribution in [0.1, 0.15) is 6.92 Å². The first-order valence-corrected chi connectivity index (χ1v) is 3.88. The van der Waals surface area contributed by atoms with Crippen LogP contribution in [0.15, 0.2) is 0 Å². The molecule has 5 heteroatoms. The highest BCUT2D eigenvalue weighted by Crippen LogP contribution is 2.20. The van der Waals surface area contributed by atoms with E-state index in [9.17, 15) is 15.3 Å². The maximum Gasteiger partial charge on any atom is 0.111 e. The second kappa shape index (κ2) is 3.68. The first kappa shape index (κ1) is 9.88. The maximum atomic E-state index is 9.23. The molecule has 5 nitrogen and oxygen atoms in total. The Morgan fingerprint density at radius 3 is 2.17 bits per heavy atom. The number of aliphatic hydroxyl groups is 4. The van der Waals surface area contributed by atoms with Crippen molar-refractivity contribution in [2.45, 2.75) is 37.4 Å². The van der Waals surface area contributed by atoms with Crippen LogP contribution in [-0.2, 0) is 4.74 Å². The summed E-state index contributed by atoms with van der Waals surface area (Å²) in [6, 6.07) is 0. The molecule has 1 aliphatic rings. The number of hydrogen-bond donors (Lipinski definition) is 4. The van der Waals surface area contributed by atoms with Crippen LogP contribution in [0.2, 0.25) is 0 Å². The van der Waals surface area contributed by atoms with Gasteiger partial charge in [0.05, 0.1) is 12.7 Å². The van der Waals surface area contributed by atoms with Crippen molar-refractivity contribution in [2.24, 2.45) is 0 Å². The molecule has 0 aromatic heterocycles. The fourth-order valence-corrected chi connectivity index (χ4v) is 1.29. The Bertz CT molecular complexity index is 146. The zero-order valence-corrected chi connectivity index (χ0v) is 6.79. The molecule has 0 amide bonds. The minimum absolute atomic E-state index is 0.366. The van der Waals surface area contributed by atoms with Crippen molar-refractivity contribution in [1.29, 1.82) is 0 Å². The highest BCUT2D eigenvalue weighted by Gasteiger charge is 2.41. The zero-order valence-electron chi connectivity index (χ0n) is 6.79. The molecule has 4 N–H and O–H groups in total. The molecule has 1 rings (SSSR count). The molecule has 0 aromatic carbocycles. The fraction of sp³-hybridized carbons (Fsp3) is 1.00. The minimum Gasteiger partial charge on any atom is -0.394 e. The van der Waals surface area contributed by atoms with Crippen LogP contribution in [0.25, 0.3) is 0 Å². The van der Waals surface area contributed by atoms with Gasteiger partial charge in [-0.25, -0.2) is 0 Å². The summed E-state index contributed by atoms with van der Waals surface area (Å²) >= 11 is 0. The Kier molecular flexibility index (Phi) is 3.03. The summed E-state index contributed by atoms with van der Waals surface area (Å²) in [6.07, 6.45) is -4.94. The van der Waals surface area contributed by atoms with Gasteiger partial charge in [0.2, 0.25) is 0 Å². The predicted molar refractivity (Wildman–Crippen MR) is 39.4 cm³/mol. The molecule has 0 spiro atoms. The van der Waals surface area contributed by atoms with Crippen molar-refractivity contribution in [2.75, 3.05) is 6.61 Å². The molecule has 1 heterocycles. The van der Waals surface area contributed by atoms with Gasteiger partial charge in [-0.3, -0.25) is 0 Å². The van der Waals surface area contributed by atoms with E-state index in [1.807, 2.05) is 0 Å². The smallest absolute Gasteiger partial charge is 0.111 e. The van der Waals surface area contributed by atoms with Crippen LogP contribution in [0.4, 0.5) is 0 Å². The van der Waals surface area contributed by atoms with Gasteiger partial charge in [0.25, 0.3) is 0 Å². The first-order valence-electron chi connectivity index (χ1n) is 3.88. The van der Waals surface area contributed by atoms with E-state index in [4.69, 9.17) is 9.84 Å². The van der Waals surface area contributed by atoms with Crippen molar-refractivity contribution in [3.63, 3.8) is 0 Å². The van der Waals surface area contributed by atoms with Gasteiger partial charge in [-0.05, 0) is 6.92 Å². The van der Waals surface area contributed by atoms with Crippen LogP contribution >= 0.6 is 0 Å². The van der Waals surface area contributed by atoms with Crippen molar-refractivity contribution < 1.29 is 25.2 Å². The van der Waals surface area contributed by atoms with Crippen LogP contribution in [-0.4, -0.2) is 57.6 Å². The average Bonchev–Trinajstić information content (AvgIpc) is 2.08. The lowest BCUT2D eigenvalue weighted by Gasteiger charge is -2.38. The predicted octanol–water partition coefficient (Wildman–Crippen LogP) is -2.15. The Hall–Kier alpha value is -0.200. The molecule has 1 aliphatic heterocycles. The standard InChI is InChI=1S/C7H14O5/c1-3-5(9)7(11)6(10)4(2-8)12-3/h3-11H,2H2,1H3/t3-,4+,5?,6+,7?/m0/s1. The van der Waals surface area contributed by atoms with E-state index in [1.54, 1.807) is 6.92 Å². The molecule has 0 saturated carbocycles. The third-order valence-electron chi connectivity index (χ3n) is 2.13. The fourth-order valence-electron chi connectivity index (χ4n) is 1.29. The lowest BCUT2D eigenvalue weighted by molar-refractivity contribution is -0.224. The van der Waals surface area contributed by atoms with Crippen LogP contribution in [0, 0.1) is 0 Å². The Morgan fingerprint density at radius 1 is 1.08 bits per heavy atom. The molecule has 0 aromatic rings. The minimum atomic E-state index is -1.24. The molecule has 5 atom stereocenters. The van der Waals surface area contributed by atoms with E-state index in [0.29, 0.717) is 0 Å². The summed E-state index contributed by atoms with van der Waals surface area (Å²) in [7, 11) is 0. The Morgan fingerprint density at radius 2 is 1.67 bits per heavy atom. The lowest BCUT2D eigenvalue weighted by Crippen LogP contribution is -2.57. The lowest BCUT2D eigenvalue weighted by atomic mass is 9.96. The Balaban J connectivity index is 2.63. The van der Waals surface area contributed by atoms with Crippen molar-refractivity contribution in [1.82, 2.24) is 0 Å². The van der Waals surface area contributed by atoms with E-state index < -0.39 is 30.5 Å². The van der Waals surface area contributed by atoms with E-state index in [1.165, 1.54) is 0 Å². The van der Waals surface area contributed by atoms with Gasteiger partial charge in [-0.1, -0.05) is 0 Å². The third-order valence-corrected chi connectivity index (χ3v) is 2.13. The molecule has 0 bridgehead atoms. The summed E-state index contributed by atoms with van der Waals surface area (Å²) in [5.74, 6) is 0. The maximum absolute atomic E-state index is 9.23. The summed E-state index contributed by atoms with van der Waals surface area (Å²) in [5.41, 5.74) is 0. The van der Waals surface area contributed by atoms with Crippen molar-refractivity contribution in [3.8, 4) is 0 Å². The summed E-state index contributed by atoms with van der Waals surface area (Å²) in [5, 5.41) is 36.4. The number of rotatable bonds is 1. The van der Waals surface area contributed by atoms with Crippen LogP contribution in [0.3, 0.4) is 0 Å². The molecule has 1 saturated heterocycles.